The van der Waals surface area contributed by atoms with Crippen molar-refractivity contribution in [3.8, 4) is 0 Å². The Kier molecular flexibility index (Phi) is 5.38. The molecule has 8 heteroatoms. The Morgan fingerprint density at radius 3 is 2.83 bits per heavy atom. The number of nitrogens with two attached hydrogens (primary N) is 1. The van der Waals surface area contributed by atoms with Crippen LogP contribution in [0.1, 0.15) is 38.6 Å². The fraction of sp³-hybridized carbons (Fsp3) is 0.667. The first kappa shape index (κ1) is 17.4. The molecule has 4 N–H and O–H groups in total. The van der Waals surface area contributed by atoms with Crippen molar-refractivity contribution in [1.82, 2.24) is 14.5 Å². The number of unbranched alkanes of at least 4 members (excludes halogenated alkanes) is 1. The molecule has 1 aliphatic heterocycles. The van der Waals surface area contributed by atoms with Gasteiger partial charge in [-0.15, -0.1) is 0 Å². The molecule has 8 nitrogen and oxygen atoms in total. The van der Waals surface area contributed by atoms with Crippen molar-refractivity contribution in [2.24, 2.45) is 5.73 Å². The zero-order valence-corrected chi connectivity index (χ0v) is 13.3. The Hall–Kier alpha value is -1.93. The minimum atomic E-state index is -1.25. The van der Waals surface area contributed by atoms with Gasteiger partial charge in [0.1, 0.15) is 5.60 Å². The number of aromatic amines is 1. The number of hydrogen-bond donors (Lipinski definition) is 3. The normalized spacial score (nSPS) is 24.7. The highest BCUT2D eigenvalue weighted by atomic mass is 16.3. The SMILES string of the molecule is C[C@@]1(O)CN(C(=O)CCCCN)CC[C@H]1n1ccc(=O)[nH]c1=O. The summed E-state index contributed by atoms with van der Waals surface area (Å²) in [5.41, 5.74) is 3.15. The molecule has 0 aliphatic carbocycles. The molecule has 1 aromatic rings. The summed E-state index contributed by atoms with van der Waals surface area (Å²) in [6.45, 7) is 2.79. The third-order valence-electron chi connectivity index (χ3n) is 4.29. The number of H-pyrrole nitrogens is 1. The molecule has 23 heavy (non-hydrogen) atoms. The molecular weight excluding hydrogens is 300 g/mol. The number of amides is 1. The summed E-state index contributed by atoms with van der Waals surface area (Å²) < 4.78 is 1.33. The maximum atomic E-state index is 12.2. The van der Waals surface area contributed by atoms with Gasteiger partial charge in [-0.1, -0.05) is 0 Å². The molecule has 0 saturated carbocycles. The van der Waals surface area contributed by atoms with E-state index >= 15 is 0 Å². The van der Waals surface area contributed by atoms with Crippen LogP contribution >= 0.6 is 0 Å². The van der Waals surface area contributed by atoms with E-state index in [1.165, 1.54) is 16.8 Å². The van der Waals surface area contributed by atoms with Gasteiger partial charge in [0.25, 0.3) is 5.56 Å². The lowest BCUT2D eigenvalue weighted by Gasteiger charge is -2.43. The molecular formula is C15H24N4O4. The van der Waals surface area contributed by atoms with E-state index in [-0.39, 0.29) is 12.5 Å². The molecule has 1 aromatic heterocycles. The minimum Gasteiger partial charge on any atom is -0.386 e. The highest BCUT2D eigenvalue weighted by molar-refractivity contribution is 5.76. The summed E-state index contributed by atoms with van der Waals surface area (Å²) in [6, 6.07) is 0.766. The molecule has 2 heterocycles. The first-order chi connectivity index (χ1) is 10.8. The topological polar surface area (TPSA) is 121 Å². The average Bonchev–Trinajstić information content (AvgIpc) is 2.47. The van der Waals surface area contributed by atoms with Crippen molar-refractivity contribution in [3.05, 3.63) is 33.1 Å². The van der Waals surface area contributed by atoms with E-state index in [4.69, 9.17) is 5.73 Å². The van der Waals surface area contributed by atoms with Crippen LogP contribution in [-0.2, 0) is 4.79 Å². The second-order valence-corrected chi connectivity index (χ2v) is 6.24. The van der Waals surface area contributed by atoms with Gasteiger partial charge in [0, 0.05) is 25.2 Å². The molecule has 1 aliphatic rings. The molecule has 0 unspecified atom stereocenters. The Labute approximate surface area is 133 Å². The number of rotatable bonds is 5. The van der Waals surface area contributed by atoms with Gasteiger partial charge in [-0.05, 0) is 32.7 Å². The van der Waals surface area contributed by atoms with Gasteiger partial charge in [0.2, 0.25) is 5.91 Å². The van der Waals surface area contributed by atoms with E-state index < -0.39 is 22.9 Å². The molecule has 0 aromatic carbocycles. The number of nitrogens with zero attached hydrogens (tertiary/aromatic N) is 2. The van der Waals surface area contributed by atoms with Crippen LogP contribution in [0, 0.1) is 0 Å². The molecule has 1 saturated heterocycles. The fourth-order valence-corrected chi connectivity index (χ4v) is 3.06. The van der Waals surface area contributed by atoms with E-state index in [0.29, 0.717) is 25.9 Å². The zero-order valence-electron chi connectivity index (χ0n) is 13.3. The molecule has 0 bridgehead atoms. The first-order valence-electron chi connectivity index (χ1n) is 7.87. The molecule has 1 fully saturated rings. The van der Waals surface area contributed by atoms with E-state index in [0.717, 1.165) is 12.8 Å². The smallest absolute Gasteiger partial charge is 0.328 e. The molecule has 1 amide bonds. The summed E-state index contributed by atoms with van der Waals surface area (Å²) >= 11 is 0. The number of hydrogen-bond acceptors (Lipinski definition) is 5. The summed E-state index contributed by atoms with van der Waals surface area (Å²) in [4.78, 5) is 39.1. The largest absolute Gasteiger partial charge is 0.386 e. The summed E-state index contributed by atoms with van der Waals surface area (Å²) in [6.07, 6.45) is 3.78. The van der Waals surface area contributed by atoms with Crippen LogP contribution in [0.25, 0.3) is 0 Å². The van der Waals surface area contributed by atoms with E-state index in [1.807, 2.05) is 0 Å². The zero-order chi connectivity index (χ0) is 17.0. The van der Waals surface area contributed by atoms with Crippen LogP contribution in [0.4, 0.5) is 0 Å². The number of carbonyl (C=O) groups is 1. The predicted octanol–water partition coefficient (Wildman–Crippen LogP) is -0.810. The van der Waals surface area contributed by atoms with Gasteiger partial charge in [-0.25, -0.2) is 4.79 Å². The second-order valence-electron chi connectivity index (χ2n) is 6.24. The number of likely N-dealkylation sites (tertiary alicyclic amines) is 1. The maximum absolute atomic E-state index is 12.2. The third kappa shape index (κ3) is 4.08. The Morgan fingerprint density at radius 2 is 2.22 bits per heavy atom. The Morgan fingerprint density at radius 1 is 1.48 bits per heavy atom. The Balaban J connectivity index is 2.09. The minimum absolute atomic E-state index is 0.00834. The van der Waals surface area contributed by atoms with E-state index in [9.17, 15) is 19.5 Å². The van der Waals surface area contributed by atoms with Crippen molar-refractivity contribution in [3.63, 3.8) is 0 Å². The number of nitrogens with one attached hydrogen (secondary N) is 1. The van der Waals surface area contributed by atoms with Crippen LogP contribution in [-0.4, -0.2) is 50.7 Å². The van der Waals surface area contributed by atoms with Gasteiger partial charge in [0.05, 0.1) is 12.6 Å². The predicted molar refractivity (Wildman–Crippen MR) is 85.1 cm³/mol. The van der Waals surface area contributed by atoms with Gasteiger partial charge in [-0.2, -0.15) is 0 Å². The van der Waals surface area contributed by atoms with Crippen molar-refractivity contribution in [1.29, 1.82) is 0 Å². The quantitative estimate of drug-likeness (QED) is 0.612. The Bertz CT molecular complexity index is 664. The maximum Gasteiger partial charge on any atom is 0.328 e. The van der Waals surface area contributed by atoms with Crippen LogP contribution < -0.4 is 17.0 Å². The number of piperidine rings is 1. The summed E-state index contributed by atoms with van der Waals surface area (Å²) in [5.74, 6) is -0.00834. The molecule has 2 atom stereocenters. The third-order valence-corrected chi connectivity index (χ3v) is 4.29. The highest BCUT2D eigenvalue weighted by Gasteiger charge is 2.40. The highest BCUT2D eigenvalue weighted by Crippen LogP contribution is 2.30. The molecule has 2 rings (SSSR count). The van der Waals surface area contributed by atoms with Gasteiger partial charge in [-0.3, -0.25) is 19.1 Å². The van der Waals surface area contributed by atoms with Crippen molar-refractivity contribution in [2.75, 3.05) is 19.6 Å². The first-order valence-corrected chi connectivity index (χ1v) is 7.87. The van der Waals surface area contributed by atoms with Crippen molar-refractivity contribution in [2.45, 2.75) is 44.2 Å². The number of carbonyl (C=O) groups excluding carboxylic acids is 1. The summed E-state index contributed by atoms with van der Waals surface area (Å²) in [7, 11) is 0. The standard InChI is InChI=1S/C15H24N4O4/c1-15(23)10-18(13(21)4-2-3-7-16)8-5-11(15)19-9-6-12(20)17-14(19)22/h6,9,11,23H,2-5,7-8,10,16H2,1H3,(H,17,20,22)/t11-,15-/m1/s1. The van der Waals surface area contributed by atoms with Crippen LogP contribution in [0.2, 0.25) is 0 Å². The van der Waals surface area contributed by atoms with Crippen molar-refractivity contribution < 1.29 is 9.90 Å². The fourth-order valence-electron chi connectivity index (χ4n) is 3.06. The lowest BCUT2D eigenvalue weighted by Crippen LogP contribution is -2.56. The lowest BCUT2D eigenvalue weighted by atomic mass is 9.88. The van der Waals surface area contributed by atoms with Crippen LogP contribution in [0.5, 0.6) is 0 Å². The lowest BCUT2D eigenvalue weighted by molar-refractivity contribution is -0.140. The molecule has 128 valence electrons. The molecule has 0 spiro atoms. The number of aliphatic hydroxyl groups is 1. The van der Waals surface area contributed by atoms with Crippen molar-refractivity contribution >= 4 is 5.91 Å². The van der Waals surface area contributed by atoms with Gasteiger partial charge >= 0.3 is 5.69 Å². The van der Waals surface area contributed by atoms with Crippen LogP contribution in [0.3, 0.4) is 0 Å². The van der Waals surface area contributed by atoms with Gasteiger partial charge < -0.3 is 15.7 Å². The summed E-state index contributed by atoms with van der Waals surface area (Å²) in [5, 5.41) is 10.7. The average molecular weight is 324 g/mol. The van der Waals surface area contributed by atoms with Crippen LogP contribution in [0.15, 0.2) is 21.9 Å². The monoisotopic (exact) mass is 324 g/mol. The second kappa shape index (κ2) is 7.10. The number of aromatic nitrogens is 2. The number of β-amino-alcohol motifs (C(OH)–C–C–N with tert-alkyl or cyclic N) is 1. The molecule has 0 radical (unpaired) electrons. The van der Waals surface area contributed by atoms with E-state index in [2.05, 4.69) is 4.98 Å². The van der Waals surface area contributed by atoms with E-state index in [1.54, 1.807) is 11.8 Å². The van der Waals surface area contributed by atoms with Gasteiger partial charge in [0.15, 0.2) is 0 Å².